The van der Waals surface area contributed by atoms with Gasteiger partial charge in [-0.25, -0.2) is 0 Å². The molecule has 0 bridgehead atoms. The van der Waals surface area contributed by atoms with E-state index in [-0.39, 0.29) is 23.0 Å². The van der Waals surface area contributed by atoms with Gasteiger partial charge in [-0.3, -0.25) is 0 Å². The van der Waals surface area contributed by atoms with Crippen LogP contribution in [0.25, 0.3) is 5.76 Å². The molecule has 0 atom stereocenters. The highest BCUT2D eigenvalue weighted by Gasteiger charge is 2.23. The van der Waals surface area contributed by atoms with Crippen molar-refractivity contribution in [3.63, 3.8) is 0 Å². The van der Waals surface area contributed by atoms with Crippen LogP contribution < -0.4 is 4.74 Å². The van der Waals surface area contributed by atoms with Gasteiger partial charge in [0, 0.05) is 11.6 Å². The van der Waals surface area contributed by atoms with Crippen molar-refractivity contribution in [2.24, 2.45) is 0 Å². The van der Waals surface area contributed by atoms with Gasteiger partial charge in [-0.15, -0.1) is 0 Å². The highest BCUT2D eigenvalue weighted by molar-refractivity contribution is 5.75. The molecule has 1 heterocycles. The zero-order valence-corrected chi connectivity index (χ0v) is 9.29. The fourth-order valence-corrected chi connectivity index (χ4v) is 1.89. The van der Waals surface area contributed by atoms with Crippen LogP contribution in [0.1, 0.15) is 5.56 Å². The summed E-state index contributed by atoms with van der Waals surface area (Å²) < 4.78 is 5.53. The van der Waals surface area contributed by atoms with Crippen LogP contribution in [0, 0.1) is 0 Å². The van der Waals surface area contributed by atoms with Crippen LogP contribution in [0.2, 0.25) is 0 Å². The average molecular weight is 242 g/mol. The third kappa shape index (κ3) is 1.47. The molecule has 3 N–H and O–H groups in total. The minimum Gasteiger partial charge on any atom is -0.507 e. The molecule has 3 rings (SSSR count). The van der Waals surface area contributed by atoms with Crippen molar-refractivity contribution in [2.75, 3.05) is 0 Å². The molecule has 0 spiro atoms. The quantitative estimate of drug-likeness (QED) is 0.612. The molecule has 4 nitrogen and oxygen atoms in total. The molecule has 0 unspecified atom stereocenters. The molecule has 0 saturated heterocycles. The highest BCUT2D eigenvalue weighted by atomic mass is 16.5. The first-order valence-electron chi connectivity index (χ1n) is 5.39. The molecule has 1 aliphatic carbocycles. The number of aliphatic hydroxyl groups is 1. The van der Waals surface area contributed by atoms with Crippen molar-refractivity contribution in [1.29, 1.82) is 0 Å². The Balaban J connectivity index is 2.19. The van der Waals surface area contributed by atoms with Crippen molar-refractivity contribution in [3.8, 4) is 17.2 Å². The number of ether oxygens (including phenoxy) is 1. The fourth-order valence-electron chi connectivity index (χ4n) is 1.89. The predicted molar refractivity (Wildman–Crippen MR) is 66.3 cm³/mol. The molecule has 1 aliphatic heterocycles. The van der Waals surface area contributed by atoms with Gasteiger partial charge in [0.15, 0.2) is 11.5 Å². The largest absolute Gasteiger partial charge is 0.507 e. The first-order valence-corrected chi connectivity index (χ1v) is 5.39. The second kappa shape index (κ2) is 3.70. The van der Waals surface area contributed by atoms with Gasteiger partial charge in [-0.2, -0.15) is 0 Å². The zero-order chi connectivity index (χ0) is 12.7. The van der Waals surface area contributed by atoms with Gasteiger partial charge in [0.05, 0.1) is 5.56 Å². The molecule has 0 saturated carbocycles. The summed E-state index contributed by atoms with van der Waals surface area (Å²) in [5, 5.41) is 29.1. The van der Waals surface area contributed by atoms with Gasteiger partial charge in [0.25, 0.3) is 0 Å². The summed E-state index contributed by atoms with van der Waals surface area (Å²) in [6.07, 6.45) is 8.81. The molecule has 0 aromatic heterocycles. The number of phenolic OH excluding ortho intramolecular Hbond substituents is 2. The Hall–Kier alpha value is -2.62. The third-order valence-corrected chi connectivity index (χ3v) is 2.81. The standard InChI is InChI=1S/C14H10O4/c15-10-6-5-9-11(16)7-12(8-3-1-2-4-8)18-14(9)13(10)17/h1-7,15-17H. The Kier molecular flexibility index (Phi) is 2.16. The van der Waals surface area contributed by atoms with Crippen molar-refractivity contribution in [2.45, 2.75) is 0 Å². The summed E-state index contributed by atoms with van der Waals surface area (Å²) in [5.41, 5.74) is 1.13. The van der Waals surface area contributed by atoms with Crippen molar-refractivity contribution >= 4 is 5.76 Å². The van der Waals surface area contributed by atoms with Crippen molar-refractivity contribution < 1.29 is 20.1 Å². The number of benzene rings is 1. The maximum atomic E-state index is 9.91. The normalized spacial score (nSPS) is 16.6. The molecule has 1 aromatic rings. The van der Waals surface area contributed by atoms with Gasteiger partial charge >= 0.3 is 0 Å². The number of hydrogen-bond acceptors (Lipinski definition) is 4. The van der Waals surface area contributed by atoms with Crippen LogP contribution in [0.3, 0.4) is 0 Å². The number of fused-ring (bicyclic) bond motifs is 1. The molecular formula is C14H10O4. The van der Waals surface area contributed by atoms with Crippen LogP contribution in [-0.2, 0) is 0 Å². The lowest BCUT2D eigenvalue weighted by atomic mass is 10.1. The average Bonchev–Trinajstić information content (AvgIpc) is 2.88. The van der Waals surface area contributed by atoms with Gasteiger partial charge in [-0.1, -0.05) is 24.3 Å². The SMILES string of the molecule is OC1=CC(=C2C=CC=C2)Oc2c1ccc(O)c2O. The van der Waals surface area contributed by atoms with Gasteiger partial charge in [0.1, 0.15) is 11.5 Å². The van der Waals surface area contributed by atoms with E-state index >= 15 is 0 Å². The van der Waals surface area contributed by atoms with Crippen LogP contribution in [0.5, 0.6) is 17.2 Å². The summed E-state index contributed by atoms with van der Waals surface area (Å²) >= 11 is 0. The Morgan fingerprint density at radius 2 is 1.67 bits per heavy atom. The summed E-state index contributed by atoms with van der Waals surface area (Å²) in [6, 6.07) is 2.78. The first kappa shape index (κ1) is 10.5. The summed E-state index contributed by atoms with van der Waals surface area (Å²) in [6.45, 7) is 0. The third-order valence-electron chi connectivity index (χ3n) is 2.81. The molecular weight excluding hydrogens is 232 g/mol. The lowest BCUT2D eigenvalue weighted by Gasteiger charge is -2.19. The minimum atomic E-state index is -0.379. The molecule has 2 aliphatic rings. The summed E-state index contributed by atoms with van der Waals surface area (Å²) in [5.74, 6) is -0.193. The van der Waals surface area contributed by atoms with E-state index in [2.05, 4.69) is 0 Å². The number of allylic oxidation sites excluding steroid dienone is 6. The van der Waals surface area contributed by atoms with Gasteiger partial charge in [0.2, 0.25) is 5.75 Å². The number of aromatic hydroxyl groups is 2. The number of phenols is 2. The zero-order valence-electron chi connectivity index (χ0n) is 9.29. The maximum absolute atomic E-state index is 9.91. The molecule has 90 valence electrons. The summed E-state index contributed by atoms with van der Waals surface area (Å²) in [7, 11) is 0. The van der Waals surface area contributed by atoms with E-state index in [1.165, 1.54) is 18.2 Å². The Morgan fingerprint density at radius 3 is 2.39 bits per heavy atom. The van der Waals surface area contributed by atoms with E-state index in [9.17, 15) is 15.3 Å². The first-order chi connectivity index (χ1) is 8.66. The fraction of sp³-hybridized carbons (Fsp3) is 0. The number of aliphatic hydroxyl groups excluding tert-OH is 1. The second-order valence-corrected chi connectivity index (χ2v) is 3.98. The Bertz CT molecular complexity index is 634. The van der Waals surface area contributed by atoms with Gasteiger partial charge < -0.3 is 20.1 Å². The molecule has 18 heavy (non-hydrogen) atoms. The lowest BCUT2D eigenvalue weighted by Crippen LogP contribution is -2.05. The van der Waals surface area contributed by atoms with E-state index < -0.39 is 0 Å². The smallest absolute Gasteiger partial charge is 0.201 e. The van der Waals surface area contributed by atoms with E-state index in [1.54, 1.807) is 0 Å². The van der Waals surface area contributed by atoms with Crippen LogP contribution in [-0.4, -0.2) is 15.3 Å². The van der Waals surface area contributed by atoms with Crippen molar-refractivity contribution in [3.05, 3.63) is 59.4 Å². The lowest BCUT2D eigenvalue weighted by molar-refractivity contribution is 0.353. The molecule has 1 aromatic carbocycles. The number of hydrogen-bond donors (Lipinski definition) is 3. The van der Waals surface area contributed by atoms with Crippen LogP contribution in [0.4, 0.5) is 0 Å². The molecule has 4 heteroatoms. The topological polar surface area (TPSA) is 69.9 Å². The van der Waals surface area contributed by atoms with E-state index in [4.69, 9.17) is 4.74 Å². The van der Waals surface area contributed by atoms with E-state index in [0.29, 0.717) is 11.3 Å². The van der Waals surface area contributed by atoms with Gasteiger partial charge in [-0.05, 0) is 12.1 Å². The molecule has 0 fully saturated rings. The van der Waals surface area contributed by atoms with E-state index in [1.807, 2.05) is 24.3 Å². The Labute approximate surface area is 103 Å². The highest BCUT2D eigenvalue weighted by Crippen LogP contribution is 2.44. The molecule has 0 amide bonds. The second-order valence-electron chi connectivity index (χ2n) is 3.98. The monoisotopic (exact) mass is 242 g/mol. The maximum Gasteiger partial charge on any atom is 0.201 e. The summed E-state index contributed by atoms with van der Waals surface area (Å²) in [4.78, 5) is 0. The predicted octanol–water partition coefficient (Wildman–Crippen LogP) is 2.77. The molecule has 0 radical (unpaired) electrons. The minimum absolute atomic E-state index is 0.0113. The van der Waals surface area contributed by atoms with Crippen LogP contribution >= 0.6 is 0 Å². The van der Waals surface area contributed by atoms with E-state index in [0.717, 1.165) is 5.57 Å². The van der Waals surface area contributed by atoms with Crippen molar-refractivity contribution in [1.82, 2.24) is 0 Å². The number of rotatable bonds is 0. The van der Waals surface area contributed by atoms with Crippen LogP contribution in [0.15, 0.2) is 53.8 Å². The Morgan fingerprint density at radius 1 is 0.944 bits per heavy atom.